The maximum Gasteiger partial charge on any atom is 0.337 e. The summed E-state index contributed by atoms with van der Waals surface area (Å²) >= 11 is 1.66. The number of fused-ring (bicyclic) bond motifs is 1. The molecular weight excluding hydrogens is 358 g/mol. The highest BCUT2D eigenvalue weighted by Gasteiger charge is 2.33. The summed E-state index contributed by atoms with van der Waals surface area (Å²) in [5.74, 6) is 0.0170. The lowest BCUT2D eigenvalue weighted by molar-refractivity contribution is 0.0696. The molecule has 2 aromatic rings. The van der Waals surface area contributed by atoms with Crippen LogP contribution in [0.15, 0.2) is 18.2 Å². The lowest BCUT2D eigenvalue weighted by atomic mass is 9.76. The van der Waals surface area contributed by atoms with Crippen molar-refractivity contribution >= 4 is 17.3 Å². The Bertz CT molecular complexity index is 851. The molecule has 0 bridgehead atoms. The molecule has 0 fully saturated rings. The minimum Gasteiger partial charge on any atom is -0.492 e. The molecule has 1 aromatic carbocycles. The number of aromatic carboxylic acids is 1. The molecule has 0 spiro atoms. The van der Waals surface area contributed by atoms with E-state index in [0.717, 1.165) is 53.1 Å². The zero-order chi connectivity index (χ0) is 19.8. The quantitative estimate of drug-likeness (QED) is 0.768. The summed E-state index contributed by atoms with van der Waals surface area (Å²) in [5, 5.41) is 9.93. The largest absolute Gasteiger partial charge is 0.492 e. The van der Waals surface area contributed by atoms with Crippen LogP contribution >= 0.6 is 11.3 Å². The third-order valence-corrected chi connectivity index (χ3v) is 6.56. The van der Waals surface area contributed by atoms with Crippen molar-refractivity contribution < 1.29 is 14.6 Å². The van der Waals surface area contributed by atoms with Crippen LogP contribution in [0.25, 0.3) is 10.4 Å². The number of aryl methyl sites for hydroxylation is 2. The standard InChI is InChI=1S/C22H29NO3S/c1-14-12-15(26-11-10-23(4)5)6-7-16(14)20-19(21(24)25)17-13-22(2,3)9-8-18(17)27-20/h6-7,12H,8-11,13H2,1-5H3,(H,24,25). The Morgan fingerprint density at radius 1 is 1.33 bits per heavy atom. The second-order valence-electron chi connectivity index (χ2n) is 8.48. The highest BCUT2D eigenvalue weighted by molar-refractivity contribution is 7.16. The van der Waals surface area contributed by atoms with Gasteiger partial charge in [-0.25, -0.2) is 4.79 Å². The first kappa shape index (κ1) is 19.9. The molecule has 1 aliphatic carbocycles. The van der Waals surface area contributed by atoms with Gasteiger partial charge in [-0.1, -0.05) is 13.8 Å². The van der Waals surface area contributed by atoms with E-state index in [1.54, 1.807) is 11.3 Å². The first-order valence-electron chi connectivity index (χ1n) is 9.44. The maximum absolute atomic E-state index is 12.1. The zero-order valence-electron chi connectivity index (χ0n) is 16.9. The van der Waals surface area contributed by atoms with E-state index < -0.39 is 5.97 Å². The van der Waals surface area contributed by atoms with Crippen molar-refractivity contribution in [2.75, 3.05) is 27.2 Å². The van der Waals surface area contributed by atoms with Crippen LogP contribution in [0.1, 0.15) is 46.6 Å². The SMILES string of the molecule is Cc1cc(OCCN(C)C)ccc1-c1sc2c(c1C(=O)O)CC(C)(C)CC2. The summed E-state index contributed by atoms with van der Waals surface area (Å²) in [4.78, 5) is 16.3. The molecule has 0 radical (unpaired) electrons. The van der Waals surface area contributed by atoms with Gasteiger partial charge >= 0.3 is 5.97 Å². The lowest BCUT2D eigenvalue weighted by Crippen LogP contribution is -2.22. The molecule has 1 aromatic heterocycles. The maximum atomic E-state index is 12.1. The zero-order valence-corrected chi connectivity index (χ0v) is 17.7. The van der Waals surface area contributed by atoms with Crippen LogP contribution < -0.4 is 4.74 Å². The van der Waals surface area contributed by atoms with Gasteiger partial charge in [-0.15, -0.1) is 11.3 Å². The minimum atomic E-state index is -0.814. The number of hydrogen-bond acceptors (Lipinski definition) is 4. The number of thiophene rings is 1. The fourth-order valence-electron chi connectivity index (χ4n) is 3.66. The van der Waals surface area contributed by atoms with E-state index in [1.165, 1.54) is 4.88 Å². The van der Waals surface area contributed by atoms with Gasteiger partial charge in [-0.05, 0) is 80.6 Å². The van der Waals surface area contributed by atoms with Crippen molar-refractivity contribution in [1.82, 2.24) is 4.90 Å². The average Bonchev–Trinajstić information content (AvgIpc) is 2.91. The molecule has 5 heteroatoms. The van der Waals surface area contributed by atoms with E-state index in [-0.39, 0.29) is 5.41 Å². The number of hydrogen-bond donors (Lipinski definition) is 1. The van der Waals surface area contributed by atoms with Gasteiger partial charge < -0.3 is 14.7 Å². The van der Waals surface area contributed by atoms with Crippen molar-refractivity contribution in [3.63, 3.8) is 0 Å². The van der Waals surface area contributed by atoms with Crippen LogP contribution in [-0.2, 0) is 12.8 Å². The molecule has 0 atom stereocenters. The second kappa shape index (κ2) is 7.64. The summed E-state index contributed by atoms with van der Waals surface area (Å²) in [6.07, 6.45) is 2.92. The smallest absolute Gasteiger partial charge is 0.337 e. The number of carboxylic acid groups (broad SMARTS) is 1. The van der Waals surface area contributed by atoms with E-state index in [2.05, 4.69) is 18.7 Å². The Balaban J connectivity index is 1.95. The summed E-state index contributed by atoms with van der Waals surface area (Å²) in [6.45, 7) is 7.97. The van der Waals surface area contributed by atoms with Crippen LogP contribution in [-0.4, -0.2) is 43.2 Å². The van der Waals surface area contributed by atoms with Gasteiger partial charge in [0.2, 0.25) is 0 Å². The molecule has 146 valence electrons. The molecule has 0 unspecified atom stereocenters. The van der Waals surface area contributed by atoms with Gasteiger partial charge in [0, 0.05) is 16.3 Å². The van der Waals surface area contributed by atoms with E-state index in [4.69, 9.17) is 4.74 Å². The fraction of sp³-hybridized carbons (Fsp3) is 0.500. The van der Waals surface area contributed by atoms with Gasteiger partial charge in [-0.2, -0.15) is 0 Å². The first-order valence-corrected chi connectivity index (χ1v) is 10.3. The topological polar surface area (TPSA) is 49.8 Å². The predicted molar refractivity (Wildman–Crippen MR) is 111 cm³/mol. The van der Waals surface area contributed by atoms with Gasteiger partial charge in [0.25, 0.3) is 0 Å². The average molecular weight is 388 g/mol. The van der Waals surface area contributed by atoms with E-state index in [0.29, 0.717) is 12.2 Å². The Kier molecular flexibility index (Phi) is 5.63. The number of likely N-dealkylation sites (N-methyl/N-ethyl adjacent to an activating group) is 1. The van der Waals surface area contributed by atoms with E-state index >= 15 is 0 Å². The number of carboxylic acids is 1. The highest BCUT2D eigenvalue weighted by atomic mass is 32.1. The molecule has 0 aliphatic heterocycles. The number of benzene rings is 1. The van der Waals surface area contributed by atoms with Crippen LogP contribution in [0, 0.1) is 12.3 Å². The first-order chi connectivity index (χ1) is 12.7. The number of rotatable bonds is 6. The van der Waals surface area contributed by atoms with Crippen molar-refractivity contribution in [2.45, 2.75) is 40.0 Å². The molecule has 0 amide bonds. The minimum absolute atomic E-state index is 0.161. The molecule has 1 aliphatic rings. The molecule has 0 saturated heterocycles. The van der Waals surface area contributed by atoms with Crippen LogP contribution in [0.3, 0.4) is 0 Å². The van der Waals surface area contributed by atoms with Crippen LogP contribution in [0.5, 0.6) is 5.75 Å². The Labute approximate surface area is 165 Å². The fourth-order valence-corrected chi connectivity index (χ4v) is 5.06. The highest BCUT2D eigenvalue weighted by Crippen LogP contribution is 2.46. The summed E-state index contributed by atoms with van der Waals surface area (Å²) in [5.41, 5.74) is 3.77. The number of carbonyl (C=O) groups is 1. The summed E-state index contributed by atoms with van der Waals surface area (Å²) in [6, 6.07) is 5.97. The summed E-state index contributed by atoms with van der Waals surface area (Å²) in [7, 11) is 4.04. The Hall–Kier alpha value is -1.85. The molecule has 3 rings (SSSR count). The lowest BCUT2D eigenvalue weighted by Gasteiger charge is -2.29. The molecule has 1 N–H and O–H groups in total. The Morgan fingerprint density at radius 3 is 2.70 bits per heavy atom. The third-order valence-electron chi connectivity index (χ3n) is 5.24. The van der Waals surface area contributed by atoms with Gasteiger partial charge in [0.05, 0.1) is 5.56 Å². The van der Waals surface area contributed by atoms with E-state index in [1.807, 2.05) is 39.2 Å². The van der Waals surface area contributed by atoms with E-state index in [9.17, 15) is 9.90 Å². The number of nitrogens with zero attached hydrogens (tertiary/aromatic N) is 1. The van der Waals surface area contributed by atoms with Crippen molar-refractivity contribution in [3.05, 3.63) is 39.8 Å². The molecule has 1 heterocycles. The molecule has 0 saturated carbocycles. The van der Waals surface area contributed by atoms with Crippen molar-refractivity contribution in [1.29, 1.82) is 0 Å². The second-order valence-corrected chi connectivity index (χ2v) is 9.59. The molecule has 27 heavy (non-hydrogen) atoms. The van der Waals surface area contributed by atoms with Crippen molar-refractivity contribution in [2.24, 2.45) is 5.41 Å². The third kappa shape index (κ3) is 4.36. The van der Waals surface area contributed by atoms with Gasteiger partial charge in [-0.3, -0.25) is 0 Å². The monoisotopic (exact) mass is 387 g/mol. The normalized spacial score (nSPS) is 15.6. The van der Waals surface area contributed by atoms with Crippen LogP contribution in [0.2, 0.25) is 0 Å². The van der Waals surface area contributed by atoms with Gasteiger partial charge in [0.1, 0.15) is 12.4 Å². The van der Waals surface area contributed by atoms with Crippen molar-refractivity contribution in [3.8, 4) is 16.2 Å². The Morgan fingerprint density at radius 2 is 2.07 bits per heavy atom. The summed E-state index contributed by atoms with van der Waals surface area (Å²) < 4.78 is 5.82. The molecule has 4 nitrogen and oxygen atoms in total. The molecular formula is C22H29NO3S. The predicted octanol–water partition coefficient (Wildman–Crippen LogP) is 4.88. The van der Waals surface area contributed by atoms with Gasteiger partial charge in [0.15, 0.2) is 0 Å². The number of ether oxygens (including phenoxy) is 1. The van der Waals surface area contributed by atoms with Crippen LogP contribution in [0.4, 0.5) is 0 Å².